The van der Waals surface area contributed by atoms with Crippen LogP contribution in [-0.2, 0) is 11.9 Å². The Morgan fingerprint density at radius 3 is 2.72 bits per heavy atom. The molecule has 0 saturated carbocycles. The molecule has 6 heteroatoms. The molecule has 2 rings (SSSR count). The van der Waals surface area contributed by atoms with Crippen molar-refractivity contribution in [3.63, 3.8) is 0 Å². The second-order valence-electron chi connectivity index (χ2n) is 3.78. The molecule has 1 aromatic carbocycles. The molecular formula is C12H10BrF3N2. The molecule has 96 valence electrons. The first-order valence-electron chi connectivity index (χ1n) is 5.25. The van der Waals surface area contributed by atoms with Crippen LogP contribution in [0.15, 0.2) is 30.5 Å². The van der Waals surface area contributed by atoms with Crippen LogP contribution in [0.3, 0.4) is 0 Å². The average molecular weight is 319 g/mol. The molecule has 0 aliphatic carbocycles. The predicted octanol–water partition coefficient (Wildman–Crippen LogP) is 3.90. The van der Waals surface area contributed by atoms with Gasteiger partial charge >= 0.3 is 0 Å². The standard InChI is InChI=1S/C12H10BrF3N2/c13-5-9-6-17-18(11(9)12(15)16)7-8-2-1-3-10(14)4-8/h1-4,6,12H,5,7H2. The second kappa shape index (κ2) is 5.56. The molecule has 0 unspecified atom stereocenters. The lowest BCUT2D eigenvalue weighted by Gasteiger charge is -2.08. The van der Waals surface area contributed by atoms with Crippen LogP contribution in [0.2, 0.25) is 0 Å². The maximum absolute atomic E-state index is 13.0. The monoisotopic (exact) mass is 318 g/mol. The highest BCUT2D eigenvalue weighted by molar-refractivity contribution is 9.08. The van der Waals surface area contributed by atoms with E-state index in [-0.39, 0.29) is 18.1 Å². The van der Waals surface area contributed by atoms with Crippen LogP contribution in [-0.4, -0.2) is 9.78 Å². The third kappa shape index (κ3) is 2.75. The Labute approximate surface area is 111 Å². The van der Waals surface area contributed by atoms with Crippen LogP contribution in [0.1, 0.15) is 23.2 Å². The van der Waals surface area contributed by atoms with Crippen molar-refractivity contribution in [2.24, 2.45) is 0 Å². The van der Waals surface area contributed by atoms with Crippen molar-refractivity contribution in [2.45, 2.75) is 18.3 Å². The lowest BCUT2D eigenvalue weighted by atomic mass is 10.2. The Hall–Kier alpha value is -1.30. The topological polar surface area (TPSA) is 17.8 Å². The molecule has 1 aromatic heterocycles. The van der Waals surface area contributed by atoms with Crippen LogP contribution in [0.25, 0.3) is 0 Å². The van der Waals surface area contributed by atoms with Crippen molar-refractivity contribution in [3.8, 4) is 0 Å². The largest absolute Gasteiger partial charge is 0.280 e. The molecule has 0 N–H and O–H groups in total. The van der Waals surface area contributed by atoms with E-state index in [9.17, 15) is 13.2 Å². The molecular weight excluding hydrogens is 309 g/mol. The minimum absolute atomic E-state index is 0.129. The third-order valence-corrected chi connectivity index (χ3v) is 3.14. The van der Waals surface area contributed by atoms with E-state index in [0.29, 0.717) is 16.5 Å². The van der Waals surface area contributed by atoms with E-state index in [4.69, 9.17) is 0 Å². The van der Waals surface area contributed by atoms with Crippen LogP contribution in [0, 0.1) is 5.82 Å². The number of benzene rings is 1. The highest BCUT2D eigenvalue weighted by Gasteiger charge is 2.19. The molecule has 0 radical (unpaired) electrons. The van der Waals surface area contributed by atoms with Crippen molar-refractivity contribution < 1.29 is 13.2 Å². The third-order valence-electron chi connectivity index (χ3n) is 2.53. The van der Waals surface area contributed by atoms with Crippen molar-refractivity contribution >= 4 is 15.9 Å². The molecule has 0 atom stereocenters. The number of nitrogens with zero attached hydrogens (tertiary/aromatic N) is 2. The fraction of sp³-hybridized carbons (Fsp3) is 0.250. The van der Waals surface area contributed by atoms with Crippen LogP contribution < -0.4 is 0 Å². The fourth-order valence-electron chi connectivity index (χ4n) is 1.72. The summed E-state index contributed by atoms with van der Waals surface area (Å²) in [4.78, 5) is 0. The van der Waals surface area contributed by atoms with E-state index < -0.39 is 6.43 Å². The summed E-state index contributed by atoms with van der Waals surface area (Å²) in [6.45, 7) is 0.129. The van der Waals surface area contributed by atoms with Gasteiger partial charge < -0.3 is 0 Å². The van der Waals surface area contributed by atoms with Gasteiger partial charge in [-0.2, -0.15) is 5.10 Å². The normalized spacial score (nSPS) is 11.2. The zero-order chi connectivity index (χ0) is 13.1. The first-order chi connectivity index (χ1) is 8.61. The summed E-state index contributed by atoms with van der Waals surface area (Å²) in [6.07, 6.45) is -1.20. The summed E-state index contributed by atoms with van der Waals surface area (Å²) in [7, 11) is 0. The molecule has 0 saturated heterocycles. The van der Waals surface area contributed by atoms with E-state index in [0.717, 1.165) is 0 Å². The molecule has 0 fully saturated rings. The maximum atomic E-state index is 13.0. The number of aromatic nitrogens is 2. The summed E-state index contributed by atoms with van der Waals surface area (Å²) in [6, 6.07) is 5.84. The first-order valence-corrected chi connectivity index (χ1v) is 6.37. The summed E-state index contributed by atoms with van der Waals surface area (Å²) >= 11 is 3.14. The summed E-state index contributed by atoms with van der Waals surface area (Å²) < 4.78 is 40.1. The molecule has 0 aliphatic heterocycles. The van der Waals surface area contributed by atoms with Gasteiger partial charge in [-0.15, -0.1) is 0 Å². The Kier molecular flexibility index (Phi) is 4.06. The molecule has 0 aliphatic rings. The summed E-state index contributed by atoms with van der Waals surface area (Å²) in [5, 5.41) is 4.23. The smallest absolute Gasteiger partial charge is 0.259 e. The summed E-state index contributed by atoms with van der Waals surface area (Å²) in [5.74, 6) is -0.390. The lowest BCUT2D eigenvalue weighted by molar-refractivity contribution is 0.139. The van der Waals surface area contributed by atoms with Gasteiger partial charge in [-0.25, -0.2) is 13.2 Å². The minimum Gasteiger partial charge on any atom is -0.259 e. The maximum Gasteiger partial charge on any atom is 0.280 e. The molecule has 1 heterocycles. The molecule has 0 spiro atoms. The van der Waals surface area contributed by atoms with E-state index in [1.807, 2.05) is 0 Å². The van der Waals surface area contributed by atoms with Crippen molar-refractivity contribution in [1.82, 2.24) is 9.78 Å². The first kappa shape index (κ1) is 13.1. The Morgan fingerprint density at radius 2 is 2.11 bits per heavy atom. The van der Waals surface area contributed by atoms with E-state index >= 15 is 0 Å². The van der Waals surface area contributed by atoms with E-state index in [1.165, 1.54) is 23.0 Å². The van der Waals surface area contributed by atoms with Gasteiger partial charge in [0.1, 0.15) is 11.5 Å². The van der Waals surface area contributed by atoms with Gasteiger partial charge in [-0.3, -0.25) is 4.68 Å². The van der Waals surface area contributed by atoms with Gasteiger partial charge in [0.15, 0.2) is 0 Å². The quantitative estimate of drug-likeness (QED) is 0.782. The van der Waals surface area contributed by atoms with E-state index in [1.54, 1.807) is 12.1 Å². The van der Waals surface area contributed by atoms with Crippen molar-refractivity contribution in [1.29, 1.82) is 0 Å². The SMILES string of the molecule is Fc1cccc(Cn2ncc(CBr)c2C(F)F)c1. The fourth-order valence-corrected chi connectivity index (χ4v) is 2.16. The number of alkyl halides is 3. The number of rotatable bonds is 4. The van der Waals surface area contributed by atoms with Crippen LogP contribution in [0.5, 0.6) is 0 Å². The van der Waals surface area contributed by atoms with Gasteiger partial charge in [0.25, 0.3) is 6.43 Å². The van der Waals surface area contributed by atoms with Gasteiger partial charge in [-0.1, -0.05) is 28.1 Å². The molecule has 0 amide bonds. The Balaban J connectivity index is 2.32. The molecule has 2 aromatic rings. The van der Waals surface area contributed by atoms with Crippen LogP contribution >= 0.6 is 15.9 Å². The highest BCUT2D eigenvalue weighted by Crippen LogP contribution is 2.25. The number of halogens is 4. The van der Waals surface area contributed by atoms with Crippen molar-refractivity contribution in [3.05, 3.63) is 53.1 Å². The highest BCUT2D eigenvalue weighted by atomic mass is 79.9. The number of hydrogen-bond acceptors (Lipinski definition) is 1. The van der Waals surface area contributed by atoms with Crippen molar-refractivity contribution in [2.75, 3.05) is 0 Å². The van der Waals surface area contributed by atoms with Gasteiger partial charge in [0.05, 0.1) is 12.7 Å². The average Bonchev–Trinajstić information content (AvgIpc) is 2.72. The van der Waals surface area contributed by atoms with Gasteiger partial charge in [0.2, 0.25) is 0 Å². The number of hydrogen-bond donors (Lipinski definition) is 0. The Morgan fingerprint density at radius 1 is 1.33 bits per heavy atom. The van der Waals surface area contributed by atoms with Crippen LogP contribution in [0.4, 0.5) is 13.2 Å². The second-order valence-corrected chi connectivity index (χ2v) is 4.34. The molecule has 2 nitrogen and oxygen atoms in total. The van der Waals surface area contributed by atoms with E-state index in [2.05, 4.69) is 21.0 Å². The van der Waals surface area contributed by atoms with Gasteiger partial charge in [-0.05, 0) is 17.7 Å². The summed E-state index contributed by atoms with van der Waals surface area (Å²) in [5.41, 5.74) is 0.915. The molecule has 18 heavy (non-hydrogen) atoms. The zero-order valence-electron chi connectivity index (χ0n) is 9.28. The predicted molar refractivity (Wildman–Crippen MR) is 65.3 cm³/mol. The Bertz CT molecular complexity index is 540. The minimum atomic E-state index is -2.60. The molecule has 0 bridgehead atoms. The lowest BCUT2D eigenvalue weighted by Crippen LogP contribution is -2.07. The zero-order valence-corrected chi connectivity index (χ0v) is 10.9. The van der Waals surface area contributed by atoms with Gasteiger partial charge in [0, 0.05) is 10.9 Å².